The van der Waals surface area contributed by atoms with Crippen molar-refractivity contribution in [1.82, 2.24) is 9.80 Å². The first kappa shape index (κ1) is 20.6. The van der Waals surface area contributed by atoms with Crippen LogP contribution in [-0.4, -0.2) is 62.5 Å². The lowest BCUT2D eigenvalue weighted by atomic mass is 10.3. The molecule has 0 radical (unpaired) electrons. The third kappa shape index (κ3) is 7.05. The Hall–Kier alpha value is -1.39. The molecule has 4 nitrogen and oxygen atoms in total. The molecule has 1 amide bonds. The first-order valence-corrected chi connectivity index (χ1v) is 8.39. The minimum absolute atomic E-state index is 0.158. The fraction of sp³-hybridized carbons (Fsp3) is 0.611. The Morgan fingerprint density at radius 3 is 2.00 bits per heavy atom. The molecular formula is C18H33N3O. The first-order valence-electron chi connectivity index (χ1n) is 8.39. The van der Waals surface area contributed by atoms with Crippen LogP contribution in [0, 0.1) is 0 Å². The minimum atomic E-state index is 0.158. The molecular weight excluding hydrogens is 274 g/mol. The van der Waals surface area contributed by atoms with Gasteiger partial charge in [0.05, 0.1) is 6.54 Å². The second-order valence-electron chi connectivity index (χ2n) is 4.87. The van der Waals surface area contributed by atoms with E-state index in [1.165, 1.54) is 0 Å². The Kier molecular flexibility index (Phi) is 11.4. The van der Waals surface area contributed by atoms with Gasteiger partial charge in [0.25, 0.3) is 0 Å². The summed E-state index contributed by atoms with van der Waals surface area (Å²) in [4.78, 5) is 18.4. The molecule has 0 spiro atoms. The van der Waals surface area contributed by atoms with E-state index in [1.54, 1.807) is 4.90 Å². The molecule has 0 atom stereocenters. The molecule has 2 rings (SSSR count). The van der Waals surface area contributed by atoms with Gasteiger partial charge in [-0.2, -0.15) is 0 Å². The number of carbonyl (C=O) groups is 1. The molecule has 22 heavy (non-hydrogen) atoms. The molecule has 0 aliphatic carbocycles. The third-order valence-corrected chi connectivity index (χ3v) is 3.47. The van der Waals surface area contributed by atoms with Crippen LogP contribution in [0.5, 0.6) is 0 Å². The van der Waals surface area contributed by atoms with Gasteiger partial charge in [0, 0.05) is 38.9 Å². The highest BCUT2D eigenvalue weighted by Crippen LogP contribution is 2.11. The summed E-state index contributed by atoms with van der Waals surface area (Å²) in [6, 6.07) is 9.79. The number of carbonyl (C=O) groups excluding carboxylic acids is 1. The molecule has 4 heteroatoms. The van der Waals surface area contributed by atoms with Crippen LogP contribution in [0.3, 0.4) is 0 Å². The highest BCUT2D eigenvalue weighted by molar-refractivity contribution is 5.94. The Morgan fingerprint density at radius 1 is 1.00 bits per heavy atom. The number of piperazine rings is 1. The van der Waals surface area contributed by atoms with E-state index in [0.29, 0.717) is 6.54 Å². The first-order chi connectivity index (χ1) is 10.7. The van der Waals surface area contributed by atoms with Gasteiger partial charge in [-0.3, -0.25) is 9.69 Å². The lowest BCUT2D eigenvalue weighted by Gasteiger charge is -2.32. The fourth-order valence-corrected chi connectivity index (χ4v) is 2.10. The van der Waals surface area contributed by atoms with Crippen molar-refractivity contribution in [2.75, 3.05) is 51.7 Å². The van der Waals surface area contributed by atoms with Crippen molar-refractivity contribution in [3.63, 3.8) is 0 Å². The quantitative estimate of drug-likeness (QED) is 0.859. The number of benzene rings is 1. The predicted molar refractivity (Wildman–Crippen MR) is 96.5 cm³/mol. The predicted octanol–water partition coefficient (Wildman–Crippen LogP) is 2.95. The number of likely N-dealkylation sites (N-methyl/N-ethyl adjacent to an activating group) is 2. The Labute approximate surface area is 136 Å². The maximum absolute atomic E-state index is 12.2. The lowest BCUT2D eigenvalue weighted by molar-refractivity contribution is -0.119. The van der Waals surface area contributed by atoms with Gasteiger partial charge in [0.15, 0.2) is 0 Å². The van der Waals surface area contributed by atoms with Crippen LogP contribution in [0.4, 0.5) is 5.69 Å². The maximum Gasteiger partial charge on any atom is 0.240 e. The number of amides is 1. The number of hydrogen-bond donors (Lipinski definition) is 0. The van der Waals surface area contributed by atoms with Crippen LogP contribution in [-0.2, 0) is 4.79 Å². The highest BCUT2D eigenvalue weighted by atomic mass is 16.2. The van der Waals surface area contributed by atoms with E-state index < -0.39 is 0 Å². The van der Waals surface area contributed by atoms with E-state index in [1.807, 2.05) is 65.1 Å². The van der Waals surface area contributed by atoms with Crippen molar-refractivity contribution < 1.29 is 4.79 Å². The van der Waals surface area contributed by atoms with Crippen molar-refractivity contribution in [3.8, 4) is 0 Å². The third-order valence-electron chi connectivity index (χ3n) is 3.47. The lowest BCUT2D eigenvalue weighted by Crippen LogP contribution is -2.48. The second kappa shape index (κ2) is 12.2. The monoisotopic (exact) mass is 307 g/mol. The minimum Gasteiger partial charge on any atom is -0.314 e. The molecule has 0 bridgehead atoms. The van der Waals surface area contributed by atoms with Crippen molar-refractivity contribution in [2.45, 2.75) is 27.7 Å². The number of anilines is 1. The van der Waals surface area contributed by atoms with Crippen LogP contribution in [0.2, 0.25) is 0 Å². The van der Waals surface area contributed by atoms with E-state index in [9.17, 15) is 4.79 Å². The van der Waals surface area contributed by atoms with E-state index >= 15 is 0 Å². The summed E-state index contributed by atoms with van der Waals surface area (Å²) >= 11 is 0. The van der Waals surface area contributed by atoms with Gasteiger partial charge in [-0.25, -0.2) is 0 Å². The number of para-hydroxylation sites is 1. The zero-order valence-electron chi connectivity index (χ0n) is 15.2. The molecule has 0 aromatic heterocycles. The zero-order valence-corrected chi connectivity index (χ0v) is 15.2. The van der Waals surface area contributed by atoms with Gasteiger partial charge >= 0.3 is 0 Å². The number of rotatable bonds is 3. The van der Waals surface area contributed by atoms with Crippen molar-refractivity contribution in [3.05, 3.63) is 30.3 Å². The topological polar surface area (TPSA) is 26.8 Å². The SMILES string of the molecule is CC.CC.CN1CCN(CC(=O)N(C)c2ccccc2)CC1. The highest BCUT2D eigenvalue weighted by Gasteiger charge is 2.19. The summed E-state index contributed by atoms with van der Waals surface area (Å²) in [5.41, 5.74) is 0.955. The van der Waals surface area contributed by atoms with Crippen molar-refractivity contribution in [2.24, 2.45) is 0 Å². The summed E-state index contributed by atoms with van der Waals surface area (Å²) in [7, 11) is 3.96. The Bertz CT molecular complexity index is 387. The molecule has 0 N–H and O–H groups in total. The molecule has 126 valence electrons. The van der Waals surface area contributed by atoms with Crippen molar-refractivity contribution >= 4 is 11.6 Å². The van der Waals surface area contributed by atoms with Crippen LogP contribution in [0.25, 0.3) is 0 Å². The van der Waals surface area contributed by atoms with E-state index in [-0.39, 0.29) is 5.91 Å². The standard InChI is InChI=1S/C14H21N3O.2C2H6/c1-15-8-10-17(11-9-15)12-14(18)16(2)13-6-4-3-5-7-13;2*1-2/h3-7H,8-12H2,1-2H3;2*1-2H3. The smallest absolute Gasteiger partial charge is 0.240 e. The molecule has 1 fully saturated rings. The molecule has 0 saturated carbocycles. The van der Waals surface area contributed by atoms with Crippen molar-refractivity contribution in [1.29, 1.82) is 0 Å². The molecule has 1 aliphatic rings. The molecule has 1 heterocycles. The van der Waals surface area contributed by atoms with Crippen LogP contribution >= 0.6 is 0 Å². The van der Waals surface area contributed by atoms with Crippen LogP contribution in [0.1, 0.15) is 27.7 Å². The Balaban J connectivity index is 0.00000102. The summed E-state index contributed by atoms with van der Waals surface area (Å²) in [5, 5.41) is 0. The second-order valence-corrected chi connectivity index (χ2v) is 4.87. The fourth-order valence-electron chi connectivity index (χ4n) is 2.10. The largest absolute Gasteiger partial charge is 0.314 e. The van der Waals surface area contributed by atoms with E-state index in [4.69, 9.17) is 0 Å². The van der Waals surface area contributed by atoms with E-state index in [0.717, 1.165) is 31.9 Å². The Morgan fingerprint density at radius 2 is 1.50 bits per heavy atom. The summed E-state index contributed by atoms with van der Waals surface area (Å²) in [6.07, 6.45) is 0. The molecule has 1 saturated heterocycles. The zero-order chi connectivity index (χ0) is 17.0. The van der Waals surface area contributed by atoms with Gasteiger partial charge in [0.1, 0.15) is 0 Å². The van der Waals surface area contributed by atoms with Gasteiger partial charge < -0.3 is 9.80 Å². The summed E-state index contributed by atoms with van der Waals surface area (Å²) < 4.78 is 0. The molecule has 1 aromatic rings. The normalized spacial score (nSPS) is 15.0. The van der Waals surface area contributed by atoms with Crippen LogP contribution < -0.4 is 4.90 Å². The average Bonchev–Trinajstić information content (AvgIpc) is 2.60. The van der Waals surface area contributed by atoms with Gasteiger partial charge in [-0.1, -0.05) is 45.9 Å². The van der Waals surface area contributed by atoms with Gasteiger partial charge in [-0.05, 0) is 19.2 Å². The molecule has 1 aromatic carbocycles. The number of nitrogens with zero attached hydrogens (tertiary/aromatic N) is 3. The summed E-state index contributed by atoms with van der Waals surface area (Å²) in [6.45, 7) is 12.6. The van der Waals surface area contributed by atoms with Gasteiger partial charge in [0.2, 0.25) is 5.91 Å². The molecule has 1 aliphatic heterocycles. The summed E-state index contributed by atoms with van der Waals surface area (Å²) in [5.74, 6) is 0.158. The van der Waals surface area contributed by atoms with Crippen LogP contribution in [0.15, 0.2) is 30.3 Å². The molecule has 0 unspecified atom stereocenters. The number of hydrogen-bond acceptors (Lipinski definition) is 3. The maximum atomic E-state index is 12.2. The van der Waals surface area contributed by atoms with E-state index in [2.05, 4.69) is 16.8 Å². The van der Waals surface area contributed by atoms with Gasteiger partial charge in [-0.15, -0.1) is 0 Å². The average molecular weight is 307 g/mol.